The van der Waals surface area contributed by atoms with Crippen molar-refractivity contribution in [3.05, 3.63) is 70.8 Å². The predicted molar refractivity (Wildman–Crippen MR) is 167 cm³/mol. The van der Waals surface area contributed by atoms with E-state index in [1.807, 2.05) is 69.3 Å². The standard InChI is InChI=1S/C34H49N3O6/c1-10-11-19-37(28(38)22-35-32(41)43-34(7,8)9)29(26-18-17-23(2)20-24(26)3)30(39)36-27(31(40)42-33(4,5)6)21-25-15-13-12-14-16-25/h12-18,20,27,29H,10-11,19,21-22H2,1-9H3,(H,35,41)(H,36,39). The second kappa shape index (κ2) is 15.5. The van der Waals surface area contributed by atoms with Crippen LogP contribution in [0.2, 0.25) is 0 Å². The molecule has 236 valence electrons. The van der Waals surface area contributed by atoms with Gasteiger partial charge in [-0.15, -0.1) is 0 Å². The average molecular weight is 596 g/mol. The number of carbonyl (C=O) groups excluding carboxylic acids is 4. The van der Waals surface area contributed by atoms with E-state index < -0.39 is 47.2 Å². The highest BCUT2D eigenvalue weighted by molar-refractivity contribution is 5.93. The predicted octanol–water partition coefficient (Wildman–Crippen LogP) is 5.57. The van der Waals surface area contributed by atoms with E-state index in [-0.39, 0.29) is 19.5 Å². The van der Waals surface area contributed by atoms with Gasteiger partial charge in [0.25, 0.3) is 0 Å². The maximum absolute atomic E-state index is 14.3. The number of benzene rings is 2. The summed E-state index contributed by atoms with van der Waals surface area (Å²) < 4.78 is 11.0. The van der Waals surface area contributed by atoms with Crippen molar-refractivity contribution in [3.8, 4) is 0 Å². The molecule has 0 aliphatic carbocycles. The zero-order valence-electron chi connectivity index (χ0n) is 27.2. The summed E-state index contributed by atoms with van der Waals surface area (Å²) in [6.07, 6.45) is 0.895. The quantitative estimate of drug-likeness (QED) is 0.310. The lowest BCUT2D eigenvalue weighted by atomic mass is 9.96. The Hall–Kier alpha value is -3.88. The van der Waals surface area contributed by atoms with Gasteiger partial charge in [-0.05, 0) is 78.5 Å². The van der Waals surface area contributed by atoms with Crippen LogP contribution >= 0.6 is 0 Å². The zero-order valence-corrected chi connectivity index (χ0v) is 27.2. The first-order chi connectivity index (χ1) is 20.0. The summed E-state index contributed by atoms with van der Waals surface area (Å²) in [4.78, 5) is 55.1. The number of ether oxygens (including phenoxy) is 2. The molecule has 0 saturated carbocycles. The molecular formula is C34H49N3O6. The molecule has 0 aromatic heterocycles. The fraction of sp³-hybridized carbons (Fsp3) is 0.529. The number of unbranched alkanes of at least 4 members (excludes halogenated alkanes) is 1. The van der Waals surface area contributed by atoms with E-state index in [4.69, 9.17) is 9.47 Å². The van der Waals surface area contributed by atoms with E-state index in [1.54, 1.807) is 41.5 Å². The summed E-state index contributed by atoms with van der Waals surface area (Å²) in [5.41, 5.74) is 1.82. The lowest BCUT2D eigenvalue weighted by molar-refractivity contribution is -0.159. The van der Waals surface area contributed by atoms with Crippen LogP contribution in [0.15, 0.2) is 48.5 Å². The normalized spacial score (nSPS) is 13.0. The molecule has 0 radical (unpaired) electrons. The first kappa shape index (κ1) is 35.3. The molecule has 0 aliphatic rings. The zero-order chi connectivity index (χ0) is 32.4. The summed E-state index contributed by atoms with van der Waals surface area (Å²) in [5, 5.41) is 5.44. The van der Waals surface area contributed by atoms with Crippen LogP contribution in [0.5, 0.6) is 0 Å². The number of nitrogens with one attached hydrogen (secondary N) is 2. The molecule has 0 spiro atoms. The van der Waals surface area contributed by atoms with Gasteiger partial charge in [-0.3, -0.25) is 9.59 Å². The maximum atomic E-state index is 14.3. The van der Waals surface area contributed by atoms with Gasteiger partial charge in [0, 0.05) is 13.0 Å². The largest absolute Gasteiger partial charge is 0.458 e. The van der Waals surface area contributed by atoms with Gasteiger partial charge < -0.3 is 25.0 Å². The fourth-order valence-corrected chi connectivity index (χ4v) is 4.54. The first-order valence-electron chi connectivity index (χ1n) is 14.9. The minimum Gasteiger partial charge on any atom is -0.458 e. The van der Waals surface area contributed by atoms with Gasteiger partial charge >= 0.3 is 12.1 Å². The second-order valence-electron chi connectivity index (χ2n) is 12.8. The number of hydrogen-bond acceptors (Lipinski definition) is 6. The van der Waals surface area contributed by atoms with Crippen molar-refractivity contribution in [2.75, 3.05) is 13.1 Å². The smallest absolute Gasteiger partial charge is 0.408 e. The van der Waals surface area contributed by atoms with Crippen molar-refractivity contribution in [3.63, 3.8) is 0 Å². The van der Waals surface area contributed by atoms with Gasteiger partial charge in [-0.1, -0.05) is 67.4 Å². The molecule has 2 aromatic carbocycles. The molecule has 0 aliphatic heterocycles. The molecule has 0 bridgehead atoms. The Morgan fingerprint density at radius 1 is 0.884 bits per heavy atom. The van der Waals surface area contributed by atoms with Gasteiger partial charge in [-0.25, -0.2) is 9.59 Å². The summed E-state index contributed by atoms with van der Waals surface area (Å²) in [6.45, 7) is 16.3. The molecule has 2 aromatic rings. The van der Waals surface area contributed by atoms with Crippen LogP contribution in [0.25, 0.3) is 0 Å². The van der Waals surface area contributed by atoms with E-state index in [0.717, 1.165) is 23.1 Å². The number of alkyl carbamates (subject to hydrolysis) is 1. The third-order valence-electron chi connectivity index (χ3n) is 6.43. The third kappa shape index (κ3) is 12.1. The minimum absolute atomic E-state index is 0.212. The molecule has 2 atom stereocenters. The lowest BCUT2D eigenvalue weighted by Gasteiger charge is -2.34. The SMILES string of the molecule is CCCCN(C(=O)CNC(=O)OC(C)(C)C)C(C(=O)NC(Cc1ccccc1)C(=O)OC(C)(C)C)c1ccc(C)cc1C. The van der Waals surface area contributed by atoms with Crippen LogP contribution in [0.3, 0.4) is 0 Å². The molecule has 0 fully saturated rings. The van der Waals surface area contributed by atoms with Crippen LogP contribution in [0.1, 0.15) is 89.6 Å². The summed E-state index contributed by atoms with van der Waals surface area (Å²) in [5.74, 6) is -1.53. The Balaban J connectivity index is 2.50. The van der Waals surface area contributed by atoms with E-state index in [0.29, 0.717) is 12.0 Å². The molecule has 9 nitrogen and oxygen atoms in total. The van der Waals surface area contributed by atoms with Crippen LogP contribution in [0, 0.1) is 13.8 Å². The van der Waals surface area contributed by atoms with Crippen molar-refractivity contribution in [2.24, 2.45) is 0 Å². The van der Waals surface area contributed by atoms with Crippen LogP contribution in [-0.4, -0.2) is 59.1 Å². The number of esters is 1. The molecule has 2 N–H and O–H groups in total. The number of amides is 3. The van der Waals surface area contributed by atoms with Gasteiger partial charge in [-0.2, -0.15) is 0 Å². The number of rotatable bonds is 12. The number of hydrogen-bond donors (Lipinski definition) is 2. The molecule has 2 rings (SSSR count). The van der Waals surface area contributed by atoms with Crippen LogP contribution in [0.4, 0.5) is 4.79 Å². The number of aryl methyl sites for hydroxylation is 2. The van der Waals surface area contributed by atoms with E-state index in [9.17, 15) is 19.2 Å². The number of carbonyl (C=O) groups is 4. The second-order valence-corrected chi connectivity index (χ2v) is 12.8. The maximum Gasteiger partial charge on any atom is 0.408 e. The molecule has 0 saturated heterocycles. The minimum atomic E-state index is -1.05. The van der Waals surface area contributed by atoms with Crippen molar-refractivity contribution < 1.29 is 28.7 Å². The average Bonchev–Trinajstić information content (AvgIpc) is 2.88. The topological polar surface area (TPSA) is 114 Å². The monoisotopic (exact) mass is 595 g/mol. The van der Waals surface area contributed by atoms with Gasteiger partial charge in [0.05, 0.1) is 0 Å². The lowest BCUT2D eigenvalue weighted by Crippen LogP contribution is -2.52. The van der Waals surface area contributed by atoms with Crippen molar-refractivity contribution >= 4 is 23.9 Å². The van der Waals surface area contributed by atoms with E-state index in [1.165, 1.54) is 4.90 Å². The van der Waals surface area contributed by atoms with Crippen molar-refractivity contribution in [2.45, 2.75) is 105 Å². The van der Waals surface area contributed by atoms with Crippen molar-refractivity contribution in [1.29, 1.82) is 0 Å². The molecule has 3 amide bonds. The van der Waals surface area contributed by atoms with Crippen molar-refractivity contribution in [1.82, 2.24) is 15.5 Å². The Kier molecular flexibility index (Phi) is 12.8. The summed E-state index contributed by atoms with van der Waals surface area (Å²) in [6, 6.07) is 13.0. The van der Waals surface area contributed by atoms with Gasteiger partial charge in [0.2, 0.25) is 11.8 Å². The molecular weight excluding hydrogens is 546 g/mol. The molecule has 0 heterocycles. The summed E-state index contributed by atoms with van der Waals surface area (Å²) in [7, 11) is 0. The Morgan fingerprint density at radius 2 is 1.51 bits per heavy atom. The first-order valence-corrected chi connectivity index (χ1v) is 14.9. The van der Waals surface area contributed by atoms with Gasteiger partial charge in [0.15, 0.2) is 0 Å². The fourth-order valence-electron chi connectivity index (χ4n) is 4.54. The molecule has 2 unspecified atom stereocenters. The molecule has 43 heavy (non-hydrogen) atoms. The van der Waals surface area contributed by atoms with E-state index >= 15 is 0 Å². The Morgan fingerprint density at radius 3 is 2.07 bits per heavy atom. The highest BCUT2D eigenvalue weighted by Gasteiger charge is 2.36. The highest BCUT2D eigenvalue weighted by Crippen LogP contribution is 2.27. The Labute approximate surface area is 256 Å². The third-order valence-corrected chi connectivity index (χ3v) is 6.43. The highest BCUT2D eigenvalue weighted by atomic mass is 16.6. The van der Waals surface area contributed by atoms with Crippen LogP contribution < -0.4 is 10.6 Å². The number of nitrogens with zero attached hydrogens (tertiary/aromatic N) is 1. The Bertz CT molecular complexity index is 1250. The summed E-state index contributed by atoms with van der Waals surface area (Å²) >= 11 is 0. The van der Waals surface area contributed by atoms with Gasteiger partial charge in [0.1, 0.15) is 29.8 Å². The van der Waals surface area contributed by atoms with Crippen LogP contribution in [-0.2, 0) is 30.3 Å². The van der Waals surface area contributed by atoms with E-state index in [2.05, 4.69) is 10.6 Å². The molecule has 9 heteroatoms.